The van der Waals surface area contributed by atoms with E-state index in [2.05, 4.69) is 14.9 Å². The van der Waals surface area contributed by atoms with Crippen molar-refractivity contribution in [3.63, 3.8) is 0 Å². The van der Waals surface area contributed by atoms with Crippen LogP contribution in [-0.2, 0) is 6.54 Å². The van der Waals surface area contributed by atoms with Crippen molar-refractivity contribution < 1.29 is 18.3 Å². The van der Waals surface area contributed by atoms with Gasteiger partial charge in [-0.2, -0.15) is 8.78 Å². The molecule has 31 heavy (non-hydrogen) atoms. The molecule has 0 aliphatic rings. The van der Waals surface area contributed by atoms with Gasteiger partial charge in [-0.05, 0) is 42.8 Å². The zero-order chi connectivity index (χ0) is 22.0. The molecule has 0 spiro atoms. The van der Waals surface area contributed by atoms with Gasteiger partial charge in [-0.15, -0.1) is 10.2 Å². The minimum absolute atomic E-state index is 0.0111. The van der Waals surface area contributed by atoms with E-state index in [1.54, 1.807) is 21.1 Å². The van der Waals surface area contributed by atoms with Crippen molar-refractivity contribution in [1.29, 1.82) is 0 Å². The van der Waals surface area contributed by atoms with E-state index < -0.39 is 6.61 Å². The lowest BCUT2D eigenvalue weighted by molar-refractivity contribution is -0.0498. The molecule has 2 aromatic heterocycles. The molecule has 0 saturated carbocycles. The Balaban J connectivity index is 1.63. The van der Waals surface area contributed by atoms with Crippen LogP contribution in [0.15, 0.2) is 58.5 Å². The molecule has 0 radical (unpaired) electrons. The topological polar surface area (TPSA) is 78.5 Å². The van der Waals surface area contributed by atoms with Gasteiger partial charge in [0.2, 0.25) is 5.78 Å². The number of halogens is 2. The number of Topliss-reactive ketones (excluding diaryl/α,β-unsaturated/α-hetero) is 1. The predicted molar refractivity (Wildman–Crippen MR) is 113 cm³/mol. The minimum atomic E-state index is -2.92. The van der Waals surface area contributed by atoms with Crippen LogP contribution >= 0.6 is 11.8 Å². The fourth-order valence-electron chi connectivity index (χ4n) is 3.29. The fourth-order valence-corrected chi connectivity index (χ4v) is 4.12. The summed E-state index contributed by atoms with van der Waals surface area (Å²) in [6, 6.07) is 12.7. The molecule has 10 heteroatoms. The number of hydrogen-bond donors (Lipinski definition) is 0. The molecule has 0 N–H and O–H groups in total. The number of alkyl halides is 2. The van der Waals surface area contributed by atoms with Crippen molar-refractivity contribution in [1.82, 2.24) is 19.2 Å². The lowest BCUT2D eigenvalue weighted by atomic mass is 10.1. The number of nitrogens with zero attached hydrogens (tertiary/aromatic N) is 4. The third-order valence-corrected chi connectivity index (χ3v) is 5.59. The van der Waals surface area contributed by atoms with Gasteiger partial charge in [0.05, 0.1) is 16.7 Å². The average molecular weight is 444 g/mol. The highest BCUT2D eigenvalue weighted by atomic mass is 32.2. The summed E-state index contributed by atoms with van der Waals surface area (Å²) in [6.45, 7) is -0.444. The Morgan fingerprint density at radius 3 is 2.58 bits per heavy atom. The van der Waals surface area contributed by atoms with E-state index in [4.69, 9.17) is 0 Å². The van der Waals surface area contributed by atoms with Crippen LogP contribution in [0, 0.1) is 0 Å². The molecule has 0 amide bonds. The normalized spacial score (nSPS) is 11.5. The van der Waals surface area contributed by atoms with E-state index >= 15 is 0 Å². The zero-order valence-corrected chi connectivity index (χ0v) is 17.3. The van der Waals surface area contributed by atoms with Crippen molar-refractivity contribution >= 4 is 34.2 Å². The van der Waals surface area contributed by atoms with E-state index in [-0.39, 0.29) is 22.8 Å². The first-order valence-corrected chi connectivity index (χ1v) is 10.6. The van der Waals surface area contributed by atoms with E-state index in [0.717, 1.165) is 6.42 Å². The Bertz CT molecular complexity index is 1300. The van der Waals surface area contributed by atoms with Gasteiger partial charge < -0.3 is 4.74 Å². The number of rotatable bonds is 8. The van der Waals surface area contributed by atoms with Crippen molar-refractivity contribution in [2.75, 3.05) is 5.75 Å². The van der Waals surface area contributed by atoms with Crippen LogP contribution in [0.1, 0.15) is 23.7 Å². The van der Waals surface area contributed by atoms with Crippen LogP contribution in [0.5, 0.6) is 5.75 Å². The second kappa shape index (κ2) is 8.84. The number of carbonyl (C=O) groups is 1. The smallest absolute Gasteiger partial charge is 0.387 e. The van der Waals surface area contributed by atoms with Gasteiger partial charge in [-0.1, -0.05) is 30.8 Å². The summed E-state index contributed by atoms with van der Waals surface area (Å²) in [5.74, 6) is 0.283. The Kier molecular flexibility index (Phi) is 5.99. The summed E-state index contributed by atoms with van der Waals surface area (Å²) < 4.78 is 32.2. The van der Waals surface area contributed by atoms with E-state index in [9.17, 15) is 18.4 Å². The Morgan fingerprint density at radius 1 is 1.13 bits per heavy atom. The molecule has 0 fully saturated rings. The zero-order valence-electron chi connectivity index (χ0n) is 16.5. The standard InChI is InChI=1S/C21H18F2N4O3S/c1-2-11-26-18(29)15-5-3-4-6-16(15)27-20(26)24-25-21(27)31-12-17(28)13-7-9-14(10-8-13)30-19(22)23/h3-10,19H,2,11-12H2,1H3. The van der Waals surface area contributed by atoms with Crippen LogP contribution in [0.4, 0.5) is 8.78 Å². The Hall–Kier alpha value is -3.27. The number of aryl methyl sites for hydroxylation is 1. The summed E-state index contributed by atoms with van der Waals surface area (Å²) in [5, 5.41) is 9.43. The summed E-state index contributed by atoms with van der Waals surface area (Å²) in [7, 11) is 0. The first-order chi connectivity index (χ1) is 15.0. The van der Waals surface area contributed by atoms with Gasteiger partial charge in [-0.3, -0.25) is 18.6 Å². The Labute approximate surface area is 179 Å². The molecule has 0 bridgehead atoms. The fraction of sp³-hybridized carbons (Fsp3) is 0.238. The first kappa shape index (κ1) is 21.0. The lowest BCUT2D eigenvalue weighted by Crippen LogP contribution is -2.23. The maximum atomic E-state index is 12.9. The third kappa shape index (κ3) is 4.15. The molecule has 4 aromatic rings. The van der Waals surface area contributed by atoms with Crippen molar-refractivity contribution in [2.24, 2.45) is 0 Å². The molecule has 7 nitrogen and oxygen atoms in total. The van der Waals surface area contributed by atoms with Crippen LogP contribution in [0.25, 0.3) is 16.7 Å². The second-order valence-corrected chi connectivity index (χ2v) is 7.65. The van der Waals surface area contributed by atoms with Gasteiger partial charge in [-0.25, -0.2) is 0 Å². The number of hydrogen-bond acceptors (Lipinski definition) is 6. The Morgan fingerprint density at radius 2 is 1.87 bits per heavy atom. The number of benzene rings is 2. The molecular formula is C21H18F2N4O3S. The first-order valence-electron chi connectivity index (χ1n) is 9.57. The summed E-state index contributed by atoms with van der Waals surface area (Å²) in [6.07, 6.45) is 0.757. The highest BCUT2D eigenvalue weighted by Crippen LogP contribution is 2.23. The van der Waals surface area contributed by atoms with Gasteiger partial charge >= 0.3 is 6.61 Å². The molecule has 4 rings (SSSR count). The van der Waals surface area contributed by atoms with Crippen LogP contribution in [0.3, 0.4) is 0 Å². The van der Waals surface area contributed by atoms with Crippen molar-refractivity contribution in [3.8, 4) is 5.75 Å². The molecule has 160 valence electrons. The van der Waals surface area contributed by atoms with Gasteiger partial charge in [0.1, 0.15) is 5.75 Å². The number of aromatic nitrogens is 4. The highest BCUT2D eigenvalue weighted by molar-refractivity contribution is 7.99. The number of thioether (sulfide) groups is 1. The largest absolute Gasteiger partial charge is 0.435 e. The molecule has 0 atom stereocenters. The maximum absolute atomic E-state index is 12.9. The van der Waals surface area contributed by atoms with Gasteiger partial charge in [0.25, 0.3) is 5.56 Å². The number of carbonyl (C=O) groups excluding carboxylic acids is 1. The molecular weight excluding hydrogens is 426 g/mol. The monoisotopic (exact) mass is 444 g/mol. The molecule has 0 aliphatic carbocycles. The lowest BCUT2D eigenvalue weighted by Gasteiger charge is -2.10. The van der Waals surface area contributed by atoms with E-state index in [0.29, 0.717) is 33.9 Å². The number of ketones is 1. The molecule has 2 heterocycles. The maximum Gasteiger partial charge on any atom is 0.387 e. The van der Waals surface area contributed by atoms with Gasteiger partial charge in [0.15, 0.2) is 10.9 Å². The van der Waals surface area contributed by atoms with Crippen LogP contribution in [0.2, 0.25) is 0 Å². The van der Waals surface area contributed by atoms with E-state index in [1.165, 1.54) is 36.0 Å². The summed E-state index contributed by atoms with van der Waals surface area (Å²) >= 11 is 1.20. The summed E-state index contributed by atoms with van der Waals surface area (Å²) in [4.78, 5) is 25.4. The predicted octanol–water partition coefficient (Wildman–Crippen LogP) is 4.03. The summed E-state index contributed by atoms with van der Waals surface area (Å²) in [5.41, 5.74) is 0.912. The average Bonchev–Trinajstić information content (AvgIpc) is 3.19. The molecule has 2 aromatic carbocycles. The van der Waals surface area contributed by atoms with E-state index in [1.807, 2.05) is 19.1 Å². The van der Waals surface area contributed by atoms with Gasteiger partial charge in [0, 0.05) is 12.1 Å². The second-order valence-electron chi connectivity index (χ2n) is 6.71. The van der Waals surface area contributed by atoms with Crippen LogP contribution < -0.4 is 10.3 Å². The molecule has 0 saturated heterocycles. The SMILES string of the molecule is CCCn1c(=O)c2ccccc2n2c(SCC(=O)c3ccc(OC(F)F)cc3)nnc12. The molecule has 0 aliphatic heterocycles. The quantitative estimate of drug-likeness (QED) is 0.302. The molecule has 0 unspecified atom stereocenters. The van der Waals surface area contributed by atoms with Crippen molar-refractivity contribution in [2.45, 2.75) is 31.7 Å². The van der Waals surface area contributed by atoms with Crippen LogP contribution in [-0.4, -0.2) is 37.3 Å². The third-order valence-electron chi connectivity index (χ3n) is 4.66. The number of para-hydroxylation sites is 1. The highest BCUT2D eigenvalue weighted by Gasteiger charge is 2.17. The minimum Gasteiger partial charge on any atom is -0.435 e. The number of fused-ring (bicyclic) bond motifs is 3. The van der Waals surface area contributed by atoms with Crippen molar-refractivity contribution in [3.05, 3.63) is 64.4 Å². The number of ether oxygens (including phenoxy) is 1.